The highest BCUT2D eigenvalue weighted by Gasteiger charge is 2.28. The molecule has 152 valence electrons. The fraction of sp³-hybridized carbons (Fsp3) is 0.526. The summed E-state index contributed by atoms with van der Waals surface area (Å²) in [6, 6.07) is 7.90. The number of nitrogens with zero attached hydrogens (tertiary/aromatic N) is 1. The summed E-state index contributed by atoms with van der Waals surface area (Å²) in [5, 5.41) is 7.31. The van der Waals surface area contributed by atoms with E-state index in [4.69, 9.17) is 4.42 Å². The molecule has 2 N–H and O–H groups in total. The number of fused-ring (bicyclic) bond motifs is 1. The lowest BCUT2D eigenvalue weighted by Crippen LogP contribution is -2.41. The van der Waals surface area contributed by atoms with Crippen LogP contribution in [-0.4, -0.2) is 38.0 Å². The molecule has 0 spiro atoms. The molecule has 2 rings (SSSR count). The molecule has 0 fully saturated rings. The summed E-state index contributed by atoms with van der Waals surface area (Å²) in [5.74, 6) is 1.45. The highest BCUT2D eigenvalue weighted by Crippen LogP contribution is 2.25. The third kappa shape index (κ3) is 6.10. The van der Waals surface area contributed by atoms with E-state index >= 15 is 0 Å². The monoisotopic (exact) mass is 507 g/mol. The molecule has 0 saturated heterocycles. The molecule has 1 aromatic carbocycles. The van der Waals surface area contributed by atoms with E-state index in [0.717, 1.165) is 22.3 Å². The Morgan fingerprint density at radius 2 is 1.85 bits per heavy atom. The van der Waals surface area contributed by atoms with Crippen molar-refractivity contribution in [2.75, 3.05) is 18.8 Å². The van der Waals surface area contributed by atoms with Crippen molar-refractivity contribution in [3.8, 4) is 0 Å². The Bertz CT molecular complexity index is 883. The van der Waals surface area contributed by atoms with E-state index in [2.05, 4.69) is 15.6 Å². The van der Waals surface area contributed by atoms with Gasteiger partial charge in [-0.05, 0) is 40.7 Å². The molecular weight excluding hydrogens is 477 g/mol. The molecule has 1 aromatic heterocycles. The van der Waals surface area contributed by atoms with Crippen LogP contribution in [0, 0.1) is 6.92 Å². The zero-order chi connectivity index (χ0) is 19.4. The summed E-state index contributed by atoms with van der Waals surface area (Å²) >= 11 is 0. The van der Waals surface area contributed by atoms with Crippen molar-refractivity contribution in [3.63, 3.8) is 0 Å². The lowest BCUT2D eigenvalue weighted by molar-refractivity contribution is 0.547. The van der Waals surface area contributed by atoms with Gasteiger partial charge in [0.2, 0.25) is 0 Å². The number of hydrogen-bond acceptors (Lipinski definition) is 4. The second kappa shape index (κ2) is 9.77. The molecule has 1 heterocycles. The molecular formula is C19H30IN3O3S. The van der Waals surface area contributed by atoms with E-state index in [9.17, 15) is 8.42 Å². The predicted molar refractivity (Wildman–Crippen MR) is 123 cm³/mol. The van der Waals surface area contributed by atoms with Gasteiger partial charge in [-0.2, -0.15) is 0 Å². The van der Waals surface area contributed by atoms with Gasteiger partial charge in [0.15, 0.2) is 15.8 Å². The third-order valence-corrected chi connectivity index (χ3v) is 6.87. The number of aryl methyl sites for hydroxylation is 1. The van der Waals surface area contributed by atoms with Crippen LogP contribution in [0.3, 0.4) is 0 Å². The number of rotatable bonds is 6. The van der Waals surface area contributed by atoms with Crippen molar-refractivity contribution in [1.82, 2.24) is 10.6 Å². The highest BCUT2D eigenvalue weighted by molar-refractivity contribution is 14.0. The first-order valence-electron chi connectivity index (χ1n) is 8.87. The summed E-state index contributed by atoms with van der Waals surface area (Å²) < 4.78 is 29.5. The molecule has 6 nitrogen and oxygen atoms in total. The molecule has 8 heteroatoms. The molecule has 0 bridgehead atoms. The van der Waals surface area contributed by atoms with Gasteiger partial charge in [0, 0.05) is 24.0 Å². The number of benzene rings is 1. The van der Waals surface area contributed by atoms with Crippen LogP contribution in [0.2, 0.25) is 0 Å². The number of halogens is 1. The second-order valence-corrected chi connectivity index (χ2v) is 10.1. The van der Waals surface area contributed by atoms with Crippen molar-refractivity contribution >= 4 is 50.7 Å². The Morgan fingerprint density at radius 3 is 2.44 bits per heavy atom. The second-order valence-electron chi connectivity index (χ2n) is 7.20. The van der Waals surface area contributed by atoms with E-state index in [0.29, 0.717) is 25.6 Å². The zero-order valence-electron chi connectivity index (χ0n) is 16.6. The van der Waals surface area contributed by atoms with Gasteiger partial charge >= 0.3 is 0 Å². The standard InChI is InChI=1S/C19H29N3O3S.HI/c1-6-20-18(21-11-12-26(23,24)19(3,4)5)22-13-17-14(2)15-9-7-8-10-16(15)25-17;/h7-10H,6,11-13H2,1-5H3,(H2,20,21,22);1H. The van der Waals surface area contributed by atoms with Crippen molar-refractivity contribution in [2.45, 2.75) is 45.9 Å². The van der Waals surface area contributed by atoms with Gasteiger partial charge in [-0.15, -0.1) is 24.0 Å². The van der Waals surface area contributed by atoms with Crippen LogP contribution < -0.4 is 10.6 Å². The summed E-state index contributed by atoms with van der Waals surface area (Å²) in [6.45, 7) is 10.5. The van der Waals surface area contributed by atoms with E-state index in [1.165, 1.54) is 0 Å². The number of para-hydroxylation sites is 1. The zero-order valence-corrected chi connectivity index (χ0v) is 19.8. The number of furan rings is 1. The van der Waals surface area contributed by atoms with Gasteiger partial charge in [-0.3, -0.25) is 0 Å². The van der Waals surface area contributed by atoms with Gasteiger partial charge in [-0.1, -0.05) is 18.2 Å². The van der Waals surface area contributed by atoms with Gasteiger partial charge < -0.3 is 15.1 Å². The van der Waals surface area contributed by atoms with E-state index in [-0.39, 0.29) is 29.7 Å². The molecule has 0 aliphatic carbocycles. The fourth-order valence-corrected chi connectivity index (χ4v) is 3.46. The minimum absolute atomic E-state index is 0. The SMILES string of the molecule is CCNC(=NCc1oc2ccccc2c1C)NCCS(=O)(=O)C(C)(C)C.I. The minimum Gasteiger partial charge on any atom is -0.459 e. The first-order valence-corrected chi connectivity index (χ1v) is 10.5. The van der Waals surface area contributed by atoms with Crippen LogP contribution in [0.5, 0.6) is 0 Å². The van der Waals surface area contributed by atoms with Gasteiger partial charge in [0.25, 0.3) is 0 Å². The molecule has 2 aromatic rings. The van der Waals surface area contributed by atoms with Crippen LogP contribution in [0.15, 0.2) is 33.7 Å². The van der Waals surface area contributed by atoms with Crippen molar-refractivity contribution in [2.24, 2.45) is 4.99 Å². The fourth-order valence-electron chi connectivity index (χ4n) is 2.48. The minimum atomic E-state index is -3.16. The third-order valence-electron chi connectivity index (χ3n) is 4.26. The summed E-state index contributed by atoms with van der Waals surface area (Å²) in [7, 11) is -3.16. The molecule has 27 heavy (non-hydrogen) atoms. The maximum atomic E-state index is 12.2. The average molecular weight is 507 g/mol. The smallest absolute Gasteiger partial charge is 0.191 e. The summed E-state index contributed by atoms with van der Waals surface area (Å²) in [5.41, 5.74) is 1.93. The molecule has 0 radical (unpaired) electrons. The van der Waals surface area contributed by atoms with Gasteiger partial charge in [0.1, 0.15) is 17.9 Å². The largest absolute Gasteiger partial charge is 0.459 e. The van der Waals surface area contributed by atoms with Crippen molar-refractivity contribution in [1.29, 1.82) is 0 Å². The van der Waals surface area contributed by atoms with Crippen molar-refractivity contribution < 1.29 is 12.8 Å². The molecule has 0 aliphatic heterocycles. The highest BCUT2D eigenvalue weighted by atomic mass is 127. The number of aliphatic imine (C=N–C) groups is 1. The average Bonchev–Trinajstić information content (AvgIpc) is 2.88. The first kappa shape index (κ1) is 23.7. The van der Waals surface area contributed by atoms with Crippen LogP contribution in [-0.2, 0) is 16.4 Å². The topological polar surface area (TPSA) is 83.7 Å². The number of sulfone groups is 1. The van der Waals surface area contributed by atoms with E-state index in [1.54, 1.807) is 20.8 Å². The Labute approximate surface area is 179 Å². The Morgan fingerprint density at radius 1 is 1.19 bits per heavy atom. The van der Waals surface area contributed by atoms with Gasteiger partial charge in [0.05, 0.1) is 10.5 Å². The van der Waals surface area contributed by atoms with Crippen LogP contribution in [0.4, 0.5) is 0 Å². The molecule has 0 saturated carbocycles. The Hall–Kier alpha value is -1.29. The van der Waals surface area contributed by atoms with Crippen LogP contribution in [0.1, 0.15) is 39.0 Å². The van der Waals surface area contributed by atoms with E-state index < -0.39 is 14.6 Å². The number of guanidine groups is 1. The summed E-state index contributed by atoms with van der Waals surface area (Å²) in [6.07, 6.45) is 0. The van der Waals surface area contributed by atoms with Crippen LogP contribution >= 0.6 is 24.0 Å². The normalized spacial score (nSPS) is 12.7. The van der Waals surface area contributed by atoms with E-state index in [1.807, 2.05) is 38.1 Å². The molecule has 0 aliphatic rings. The lowest BCUT2D eigenvalue weighted by atomic mass is 10.1. The Balaban J connectivity index is 0.00000364. The van der Waals surface area contributed by atoms with Crippen LogP contribution in [0.25, 0.3) is 11.0 Å². The summed E-state index contributed by atoms with van der Waals surface area (Å²) in [4.78, 5) is 4.53. The quantitative estimate of drug-likeness (QED) is 0.355. The maximum Gasteiger partial charge on any atom is 0.191 e. The Kier molecular flexibility index (Phi) is 8.59. The molecule has 0 amide bonds. The molecule has 0 atom stereocenters. The number of hydrogen-bond donors (Lipinski definition) is 2. The predicted octanol–water partition coefficient (Wildman–Crippen LogP) is 3.63. The first-order chi connectivity index (χ1) is 12.2. The molecule has 0 unspecified atom stereocenters. The van der Waals surface area contributed by atoms with Gasteiger partial charge in [-0.25, -0.2) is 13.4 Å². The van der Waals surface area contributed by atoms with Crippen molar-refractivity contribution in [3.05, 3.63) is 35.6 Å². The maximum absolute atomic E-state index is 12.2. The number of nitrogens with one attached hydrogen (secondary N) is 2. The lowest BCUT2D eigenvalue weighted by Gasteiger charge is -2.19.